The molecule has 18 heavy (non-hydrogen) atoms. The summed E-state index contributed by atoms with van der Waals surface area (Å²) in [5.74, 6) is 1.15. The smallest absolute Gasteiger partial charge is 0.228 e. The molecule has 0 bridgehead atoms. The van der Waals surface area contributed by atoms with Gasteiger partial charge in [-0.25, -0.2) is 4.98 Å². The fraction of sp³-hybridized carbons (Fsp3) is 0.364. The summed E-state index contributed by atoms with van der Waals surface area (Å²) in [7, 11) is 0. The Morgan fingerprint density at radius 2 is 2.00 bits per heavy atom. The maximum absolute atomic E-state index is 5.91. The van der Waals surface area contributed by atoms with Crippen LogP contribution in [0.3, 0.4) is 0 Å². The summed E-state index contributed by atoms with van der Waals surface area (Å²) in [6.07, 6.45) is 1.70. The van der Waals surface area contributed by atoms with E-state index in [0.29, 0.717) is 17.3 Å². The molecule has 6 nitrogen and oxygen atoms in total. The van der Waals surface area contributed by atoms with Gasteiger partial charge in [0, 0.05) is 32.4 Å². The Bertz CT molecular complexity index is 540. The SMILES string of the molecule is Cl.Nc1nc(N2CCNCC2)nc2cccnc12. The predicted octanol–water partition coefficient (Wildman–Crippen LogP) is 0.438. The number of nitrogens with two attached hydrogens (primary N) is 1. The van der Waals surface area contributed by atoms with Gasteiger partial charge in [0.1, 0.15) is 5.52 Å². The number of pyridine rings is 1. The average molecular weight is 267 g/mol. The summed E-state index contributed by atoms with van der Waals surface area (Å²) in [5.41, 5.74) is 7.38. The van der Waals surface area contributed by atoms with Crippen molar-refractivity contribution in [2.45, 2.75) is 0 Å². The molecule has 1 fully saturated rings. The predicted molar refractivity (Wildman–Crippen MR) is 74.1 cm³/mol. The van der Waals surface area contributed by atoms with Gasteiger partial charge < -0.3 is 16.0 Å². The van der Waals surface area contributed by atoms with Crippen LogP contribution in [0.15, 0.2) is 18.3 Å². The maximum atomic E-state index is 5.91. The van der Waals surface area contributed by atoms with Gasteiger partial charge in [-0.3, -0.25) is 4.98 Å². The van der Waals surface area contributed by atoms with Crippen LogP contribution in [-0.2, 0) is 0 Å². The van der Waals surface area contributed by atoms with Crippen molar-refractivity contribution in [1.82, 2.24) is 20.3 Å². The number of nitrogens with zero attached hydrogens (tertiary/aromatic N) is 4. The lowest BCUT2D eigenvalue weighted by Gasteiger charge is -2.27. The fourth-order valence-electron chi connectivity index (χ4n) is 1.98. The number of nitrogen functional groups attached to an aromatic ring is 1. The van der Waals surface area contributed by atoms with Gasteiger partial charge in [0.15, 0.2) is 5.82 Å². The Morgan fingerprint density at radius 1 is 1.22 bits per heavy atom. The minimum Gasteiger partial charge on any atom is -0.382 e. The normalized spacial score (nSPS) is 15.4. The van der Waals surface area contributed by atoms with Gasteiger partial charge in [-0.2, -0.15) is 4.98 Å². The molecule has 0 atom stereocenters. The second-order valence-electron chi connectivity index (χ2n) is 4.02. The second-order valence-corrected chi connectivity index (χ2v) is 4.02. The van der Waals surface area contributed by atoms with Crippen LogP contribution in [-0.4, -0.2) is 41.1 Å². The molecular weight excluding hydrogens is 252 g/mol. The highest BCUT2D eigenvalue weighted by molar-refractivity contribution is 5.85. The Kier molecular flexibility index (Phi) is 3.78. The summed E-state index contributed by atoms with van der Waals surface area (Å²) in [6, 6.07) is 3.77. The van der Waals surface area contributed by atoms with Crippen molar-refractivity contribution >= 4 is 35.2 Å². The largest absolute Gasteiger partial charge is 0.382 e. The maximum Gasteiger partial charge on any atom is 0.228 e. The van der Waals surface area contributed by atoms with Crippen molar-refractivity contribution in [3.8, 4) is 0 Å². The third-order valence-corrected chi connectivity index (χ3v) is 2.87. The van der Waals surface area contributed by atoms with E-state index in [9.17, 15) is 0 Å². The third-order valence-electron chi connectivity index (χ3n) is 2.87. The summed E-state index contributed by atoms with van der Waals surface area (Å²) >= 11 is 0. The van der Waals surface area contributed by atoms with Crippen LogP contribution in [0.1, 0.15) is 0 Å². The first-order chi connectivity index (χ1) is 8.34. The Morgan fingerprint density at radius 3 is 2.78 bits per heavy atom. The van der Waals surface area contributed by atoms with Crippen molar-refractivity contribution in [3.05, 3.63) is 18.3 Å². The molecule has 0 spiro atoms. The number of nitrogens with one attached hydrogen (secondary N) is 1. The summed E-state index contributed by atoms with van der Waals surface area (Å²) in [6.45, 7) is 3.72. The number of halogens is 1. The standard InChI is InChI=1S/C11H14N6.ClH/c12-10-9-8(2-1-3-14-9)15-11(16-10)17-6-4-13-5-7-17;/h1-3,13H,4-7H2,(H2,12,15,16);1H. The highest BCUT2D eigenvalue weighted by Crippen LogP contribution is 2.18. The number of hydrogen-bond donors (Lipinski definition) is 2. The molecule has 3 heterocycles. The lowest BCUT2D eigenvalue weighted by molar-refractivity contribution is 0.581. The molecule has 0 aliphatic carbocycles. The first kappa shape index (κ1) is 12.8. The summed E-state index contributed by atoms with van der Waals surface area (Å²) in [4.78, 5) is 15.2. The van der Waals surface area contributed by atoms with E-state index in [-0.39, 0.29) is 12.4 Å². The molecule has 1 saturated heterocycles. The number of rotatable bonds is 1. The molecule has 3 N–H and O–H groups in total. The molecule has 96 valence electrons. The molecule has 7 heteroatoms. The summed E-state index contributed by atoms with van der Waals surface area (Å²) in [5, 5.41) is 3.30. The number of hydrogen-bond acceptors (Lipinski definition) is 6. The van der Waals surface area contributed by atoms with Gasteiger partial charge in [-0.1, -0.05) is 0 Å². The number of aromatic nitrogens is 3. The monoisotopic (exact) mass is 266 g/mol. The first-order valence-electron chi connectivity index (χ1n) is 5.68. The van der Waals surface area contributed by atoms with Gasteiger partial charge in [0.25, 0.3) is 0 Å². The van der Waals surface area contributed by atoms with E-state index < -0.39 is 0 Å². The van der Waals surface area contributed by atoms with E-state index >= 15 is 0 Å². The molecular formula is C11H15ClN6. The van der Waals surface area contributed by atoms with E-state index in [2.05, 4.69) is 25.2 Å². The Hall–Kier alpha value is -1.66. The minimum absolute atomic E-state index is 0. The number of piperazine rings is 1. The molecule has 3 rings (SSSR count). The van der Waals surface area contributed by atoms with Crippen molar-refractivity contribution in [2.75, 3.05) is 36.8 Å². The third kappa shape index (κ3) is 2.30. The zero-order valence-corrected chi connectivity index (χ0v) is 10.7. The van der Waals surface area contributed by atoms with Crippen molar-refractivity contribution in [3.63, 3.8) is 0 Å². The molecule has 0 radical (unpaired) electrons. The summed E-state index contributed by atoms with van der Waals surface area (Å²) < 4.78 is 0. The van der Waals surface area contributed by atoms with Crippen LogP contribution in [0.4, 0.5) is 11.8 Å². The van der Waals surface area contributed by atoms with E-state index in [0.717, 1.165) is 31.7 Å². The zero-order valence-electron chi connectivity index (χ0n) is 9.83. The molecule has 0 unspecified atom stereocenters. The van der Waals surface area contributed by atoms with Crippen LogP contribution in [0, 0.1) is 0 Å². The quantitative estimate of drug-likeness (QED) is 0.780. The van der Waals surface area contributed by atoms with E-state index in [1.54, 1.807) is 6.20 Å². The molecule has 2 aromatic heterocycles. The van der Waals surface area contributed by atoms with Gasteiger partial charge in [0.2, 0.25) is 5.95 Å². The lowest BCUT2D eigenvalue weighted by atomic mass is 10.3. The van der Waals surface area contributed by atoms with E-state index in [4.69, 9.17) is 5.73 Å². The van der Waals surface area contributed by atoms with Crippen molar-refractivity contribution in [1.29, 1.82) is 0 Å². The van der Waals surface area contributed by atoms with E-state index in [1.807, 2.05) is 12.1 Å². The van der Waals surface area contributed by atoms with Crippen LogP contribution in [0.2, 0.25) is 0 Å². The zero-order chi connectivity index (χ0) is 11.7. The Balaban J connectivity index is 0.00000120. The molecule has 0 amide bonds. The molecule has 1 aliphatic rings. The fourth-order valence-corrected chi connectivity index (χ4v) is 1.98. The van der Waals surface area contributed by atoms with Gasteiger partial charge >= 0.3 is 0 Å². The highest BCUT2D eigenvalue weighted by atomic mass is 35.5. The van der Waals surface area contributed by atoms with Crippen LogP contribution >= 0.6 is 12.4 Å². The van der Waals surface area contributed by atoms with Gasteiger partial charge in [-0.05, 0) is 12.1 Å². The lowest BCUT2D eigenvalue weighted by Crippen LogP contribution is -2.44. The second kappa shape index (κ2) is 5.32. The molecule has 0 saturated carbocycles. The van der Waals surface area contributed by atoms with Crippen molar-refractivity contribution < 1.29 is 0 Å². The number of fused-ring (bicyclic) bond motifs is 1. The molecule has 0 aromatic carbocycles. The van der Waals surface area contributed by atoms with Gasteiger partial charge in [-0.15, -0.1) is 12.4 Å². The number of anilines is 2. The average Bonchev–Trinajstić information content (AvgIpc) is 2.40. The van der Waals surface area contributed by atoms with Crippen LogP contribution < -0.4 is 16.0 Å². The van der Waals surface area contributed by atoms with Crippen LogP contribution in [0.25, 0.3) is 11.0 Å². The van der Waals surface area contributed by atoms with Gasteiger partial charge in [0.05, 0.1) is 5.52 Å². The minimum atomic E-state index is 0. The highest BCUT2D eigenvalue weighted by Gasteiger charge is 2.15. The molecule has 2 aromatic rings. The topological polar surface area (TPSA) is 80.0 Å². The molecule has 1 aliphatic heterocycles. The Labute approximate surface area is 111 Å². The van der Waals surface area contributed by atoms with Crippen molar-refractivity contribution in [2.24, 2.45) is 0 Å². The van der Waals surface area contributed by atoms with E-state index in [1.165, 1.54) is 0 Å². The first-order valence-corrected chi connectivity index (χ1v) is 5.68. The van der Waals surface area contributed by atoms with Crippen LogP contribution in [0.5, 0.6) is 0 Å².